The highest BCUT2D eigenvalue weighted by Crippen LogP contribution is 2.63. The van der Waals surface area contributed by atoms with Crippen LogP contribution in [-0.4, -0.2) is 12.3 Å². The third-order valence-corrected chi connectivity index (χ3v) is 25.4. The summed E-state index contributed by atoms with van der Waals surface area (Å²) in [6.45, 7) is 44.7. The normalized spacial score (nSPS) is 22.4. The third-order valence-electron chi connectivity index (χ3n) is 25.4. The van der Waals surface area contributed by atoms with Crippen LogP contribution in [0.3, 0.4) is 0 Å². The molecule has 3 heterocycles. The molecule has 0 N–H and O–H groups in total. The fraction of sp³-hybridized carbons (Fsp3) is 0.379. The zero-order valence-electron chi connectivity index (χ0n) is 57.8. The molecule has 4 heteroatoms. The summed E-state index contributed by atoms with van der Waals surface area (Å²) in [4.78, 5) is 8.50. The van der Waals surface area contributed by atoms with Crippen molar-refractivity contribution in [3.05, 3.63) is 242 Å². The molecule has 2 unspecified atom stereocenters. The van der Waals surface area contributed by atoms with Gasteiger partial charge in [-0.1, -0.05) is 245 Å². The van der Waals surface area contributed by atoms with E-state index in [2.05, 4.69) is 309 Å². The van der Waals surface area contributed by atoms with Crippen LogP contribution in [0.15, 0.2) is 170 Å². The standard InChI is InChI=1S/C87H94BN3/c1-53-44-63-64(81(7,8)43-42-80(63,5)6)50-73(53)90-75-52-68-66(83(11,12)59-33-23-25-35-61(59)85(68,15)16)49-70(75)88-69-48-65-67(84(13,14)60-34-24-22-32-58(60)82(65,9)10)51-74(69)89(71-39-38-55(79(2,3)4)45-57(71)54-30-20-19-21-31-54)76-46-56(47-77(90)78(76)88)91-72-37-27-26-36-62(72)86(17)40-28-29-41-87(86,91)18/h19-27,30-39,44-52H,28-29,40-43H2,1-18H3. The highest BCUT2D eigenvalue weighted by atomic mass is 15.3. The Hall–Kier alpha value is -7.56. The molecule has 91 heavy (non-hydrogen) atoms. The zero-order valence-corrected chi connectivity index (χ0v) is 57.8. The number of anilines is 8. The van der Waals surface area contributed by atoms with Gasteiger partial charge < -0.3 is 14.7 Å². The highest BCUT2D eigenvalue weighted by molar-refractivity contribution is 7.00. The molecule has 3 aliphatic heterocycles. The number of benzene rings is 9. The lowest BCUT2D eigenvalue weighted by Crippen LogP contribution is -2.62. The van der Waals surface area contributed by atoms with Gasteiger partial charge in [0.25, 0.3) is 6.71 Å². The van der Waals surface area contributed by atoms with Crippen LogP contribution in [-0.2, 0) is 43.3 Å². The molecule has 0 spiro atoms. The lowest BCUT2D eigenvalue weighted by Gasteiger charge is -2.52. The van der Waals surface area contributed by atoms with Crippen molar-refractivity contribution in [3.8, 4) is 11.1 Å². The number of rotatable bonds is 4. The van der Waals surface area contributed by atoms with Crippen molar-refractivity contribution < 1.29 is 0 Å². The fourth-order valence-electron chi connectivity index (χ4n) is 19.6. The van der Waals surface area contributed by atoms with Crippen molar-refractivity contribution >= 4 is 68.6 Å². The molecule has 460 valence electrons. The van der Waals surface area contributed by atoms with Gasteiger partial charge in [0.2, 0.25) is 0 Å². The maximum atomic E-state index is 2.87. The Bertz CT molecular complexity index is 4600. The van der Waals surface area contributed by atoms with Crippen LogP contribution in [0.25, 0.3) is 11.1 Å². The summed E-state index contributed by atoms with van der Waals surface area (Å²) in [5.74, 6) is 0. The van der Waals surface area contributed by atoms with Crippen LogP contribution in [0.5, 0.6) is 0 Å². The highest BCUT2D eigenvalue weighted by Gasteiger charge is 2.59. The summed E-state index contributed by atoms with van der Waals surface area (Å²) in [5, 5.41) is 0. The Morgan fingerprint density at radius 1 is 0.363 bits per heavy atom. The summed E-state index contributed by atoms with van der Waals surface area (Å²) in [6, 6.07) is 68.8. The maximum absolute atomic E-state index is 2.87. The van der Waals surface area contributed by atoms with Gasteiger partial charge in [0.1, 0.15) is 0 Å². The lowest BCUT2D eigenvalue weighted by molar-refractivity contribution is 0.195. The van der Waals surface area contributed by atoms with Gasteiger partial charge in [0, 0.05) is 72.5 Å². The molecule has 0 saturated heterocycles. The summed E-state index contributed by atoms with van der Waals surface area (Å²) in [6.07, 6.45) is 7.04. The fourth-order valence-corrected chi connectivity index (χ4v) is 19.6. The van der Waals surface area contributed by atoms with E-state index in [4.69, 9.17) is 0 Å². The van der Waals surface area contributed by atoms with Gasteiger partial charge in [0.15, 0.2) is 0 Å². The summed E-state index contributed by atoms with van der Waals surface area (Å²) >= 11 is 0. The van der Waals surface area contributed by atoms with E-state index in [0.717, 1.165) is 19.3 Å². The summed E-state index contributed by atoms with van der Waals surface area (Å²) < 4.78 is 0. The second kappa shape index (κ2) is 18.8. The first-order valence-electron chi connectivity index (χ1n) is 34.5. The molecule has 0 radical (unpaired) electrons. The molecule has 16 rings (SSSR count). The Labute approximate surface area is 545 Å². The van der Waals surface area contributed by atoms with Gasteiger partial charge in [-0.2, -0.15) is 0 Å². The summed E-state index contributed by atoms with van der Waals surface area (Å²) in [5.41, 5.74) is 34.0. The molecule has 3 nitrogen and oxygen atoms in total. The molecule has 0 bridgehead atoms. The topological polar surface area (TPSA) is 9.72 Å². The van der Waals surface area contributed by atoms with Crippen LogP contribution in [0.1, 0.15) is 229 Å². The third kappa shape index (κ3) is 7.81. The first kappa shape index (κ1) is 58.5. The summed E-state index contributed by atoms with van der Waals surface area (Å²) in [7, 11) is 0. The van der Waals surface area contributed by atoms with Crippen LogP contribution in [0, 0.1) is 6.92 Å². The lowest BCUT2D eigenvalue weighted by atomic mass is 9.32. The molecule has 9 aromatic rings. The Morgan fingerprint density at radius 2 is 0.802 bits per heavy atom. The average Bonchev–Trinajstić information content (AvgIpc) is 1.33. The number of fused-ring (bicyclic) bond motifs is 12. The monoisotopic (exact) mass is 1190 g/mol. The van der Waals surface area contributed by atoms with Crippen molar-refractivity contribution in [3.63, 3.8) is 0 Å². The number of hydrogen-bond donors (Lipinski definition) is 0. The van der Waals surface area contributed by atoms with Gasteiger partial charge in [-0.3, -0.25) is 0 Å². The van der Waals surface area contributed by atoms with Gasteiger partial charge in [-0.15, -0.1) is 0 Å². The minimum absolute atomic E-state index is 0.0122. The molecule has 2 atom stereocenters. The van der Waals surface area contributed by atoms with E-state index < -0.39 is 0 Å². The van der Waals surface area contributed by atoms with Crippen molar-refractivity contribution in [2.45, 2.75) is 212 Å². The minimum atomic E-state index is -0.289. The first-order chi connectivity index (χ1) is 42.9. The van der Waals surface area contributed by atoms with E-state index in [-0.39, 0.29) is 55.6 Å². The van der Waals surface area contributed by atoms with E-state index in [9.17, 15) is 0 Å². The smallest absolute Gasteiger partial charge is 0.252 e. The zero-order chi connectivity index (χ0) is 63.9. The van der Waals surface area contributed by atoms with E-state index in [0.29, 0.717) is 0 Å². The second-order valence-corrected chi connectivity index (χ2v) is 34.0. The Kier molecular flexibility index (Phi) is 12.1. The first-order valence-corrected chi connectivity index (χ1v) is 34.5. The van der Waals surface area contributed by atoms with Gasteiger partial charge in [0.05, 0.1) is 11.2 Å². The molecule has 9 aromatic carbocycles. The van der Waals surface area contributed by atoms with Gasteiger partial charge in [-0.05, 0) is 199 Å². The molecule has 1 saturated carbocycles. The molecule has 0 aromatic heterocycles. The Balaban J connectivity index is 1.11. The van der Waals surface area contributed by atoms with Crippen LogP contribution >= 0.6 is 0 Å². The molecule has 4 aliphatic carbocycles. The van der Waals surface area contributed by atoms with Gasteiger partial charge in [-0.25, -0.2) is 0 Å². The molecule has 7 aliphatic rings. The largest absolute Gasteiger partial charge is 0.334 e. The van der Waals surface area contributed by atoms with Crippen LogP contribution in [0.4, 0.5) is 45.5 Å². The number of nitrogens with zero attached hydrogens (tertiary/aromatic N) is 3. The van der Waals surface area contributed by atoms with Gasteiger partial charge >= 0.3 is 0 Å². The second-order valence-electron chi connectivity index (χ2n) is 34.0. The van der Waals surface area contributed by atoms with E-state index >= 15 is 0 Å². The number of para-hydroxylation sites is 1. The number of aryl methyl sites for hydroxylation is 1. The quantitative estimate of drug-likeness (QED) is 0.163. The van der Waals surface area contributed by atoms with Crippen LogP contribution < -0.4 is 31.1 Å². The van der Waals surface area contributed by atoms with E-state index in [1.165, 1.54) is 165 Å². The van der Waals surface area contributed by atoms with Crippen molar-refractivity contribution in [2.24, 2.45) is 0 Å². The molecule has 0 amide bonds. The van der Waals surface area contributed by atoms with Crippen molar-refractivity contribution in [1.82, 2.24) is 0 Å². The predicted molar refractivity (Wildman–Crippen MR) is 389 cm³/mol. The average molecular weight is 1190 g/mol. The SMILES string of the molecule is Cc1cc2c(cc1N1c3cc4c(cc3B3c5cc6c(cc5N(c5ccc(C(C)(C)C)cc5-c5ccccc5)c5cc(N7c8ccccc8C8(C)CCCCC78C)cc1c53)C(C)(C)c1ccccc1C6(C)C)C(C)(C)c1ccccc1C4(C)C)C(C)(C)CCC2(C)C. The molecular formula is C87H94BN3. The Morgan fingerprint density at radius 3 is 1.32 bits per heavy atom. The van der Waals surface area contributed by atoms with Crippen LogP contribution in [0.2, 0.25) is 0 Å². The number of hydrogen-bond acceptors (Lipinski definition) is 3. The minimum Gasteiger partial charge on any atom is -0.334 e. The van der Waals surface area contributed by atoms with E-state index in [1.54, 1.807) is 0 Å². The predicted octanol–water partition coefficient (Wildman–Crippen LogP) is 21.1. The molecular weight excluding hydrogens is 1100 g/mol. The maximum Gasteiger partial charge on any atom is 0.252 e. The van der Waals surface area contributed by atoms with E-state index in [1.807, 2.05) is 0 Å². The van der Waals surface area contributed by atoms with Crippen molar-refractivity contribution in [1.29, 1.82) is 0 Å². The van der Waals surface area contributed by atoms with Crippen molar-refractivity contribution in [2.75, 3.05) is 14.7 Å². The molecule has 1 fully saturated rings.